The number of carbonyl (C=O) groups excluding carboxylic acids is 2. The summed E-state index contributed by atoms with van der Waals surface area (Å²) in [7, 11) is 0. The monoisotopic (exact) mass is 826 g/mol. The summed E-state index contributed by atoms with van der Waals surface area (Å²) in [5.41, 5.74) is 0. The van der Waals surface area contributed by atoms with Gasteiger partial charge in [0.15, 0.2) is 0 Å². The van der Waals surface area contributed by atoms with Crippen molar-refractivity contribution in [2.75, 3.05) is 6.61 Å². The first-order chi connectivity index (χ1) is 29.0. The summed E-state index contributed by atoms with van der Waals surface area (Å²) >= 11 is 0. The second-order valence-corrected chi connectivity index (χ2v) is 17.0. The zero-order chi connectivity index (χ0) is 43.1. The van der Waals surface area contributed by atoms with Gasteiger partial charge < -0.3 is 20.3 Å². The van der Waals surface area contributed by atoms with Gasteiger partial charge in [-0.05, 0) is 38.5 Å². The van der Waals surface area contributed by atoms with Gasteiger partial charge >= 0.3 is 5.97 Å². The van der Waals surface area contributed by atoms with E-state index in [0.29, 0.717) is 19.3 Å². The molecule has 0 aromatic heterocycles. The molecule has 0 rings (SSSR count). The van der Waals surface area contributed by atoms with Crippen molar-refractivity contribution in [3.05, 3.63) is 60.8 Å². The lowest BCUT2D eigenvalue weighted by atomic mass is 10.0. The number of allylic oxidation sites excluding steroid dienone is 10. The largest absolute Gasteiger partial charge is 0.462 e. The van der Waals surface area contributed by atoms with Crippen LogP contribution in [0.5, 0.6) is 0 Å². The van der Waals surface area contributed by atoms with Gasteiger partial charge in [0.05, 0.1) is 25.2 Å². The van der Waals surface area contributed by atoms with Crippen LogP contribution in [0.4, 0.5) is 0 Å². The number of nitrogens with one attached hydrogen (secondary N) is 1. The third-order valence-electron chi connectivity index (χ3n) is 11.2. The summed E-state index contributed by atoms with van der Waals surface area (Å²) < 4.78 is 5.89. The van der Waals surface area contributed by atoms with Crippen molar-refractivity contribution >= 4 is 11.9 Å². The van der Waals surface area contributed by atoms with Crippen LogP contribution in [-0.4, -0.2) is 46.9 Å². The Balaban J connectivity index is 4.60. The highest BCUT2D eigenvalue weighted by Crippen LogP contribution is 2.17. The molecule has 0 aromatic rings. The van der Waals surface area contributed by atoms with E-state index in [-0.39, 0.29) is 24.9 Å². The van der Waals surface area contributed by atoms with Crippen molar-refractivity contribution in [2.45, 2.75) is 257 Å². The number of carbonyl (C=O) groups is 2. The van der Waals surface area contributed by atoms with E-state index in [9.17, 15) is 19.8 Å². The lowest BCUT2D eigenvalue weighted by Crippen LogP contribution is -2.46. The van der Waals surface area contributed by atoms with E-state index >= 15 is 0 Å². The van der Waals surface area contributed by atoms with Gasteiger partial charge in [0.25, 0.3) is 0 Å². The van der Waals surface area contributed by atoms with Gasteiger partial charge in [-0.2, -0.15) is 0 Å². The normalized spacial score (nSPS) is 13.8. The van der Waals surface area contributed by atoms with Crippen LogP contribution in [0.2, 0.25) is 0 Å². The van der Waals surface area contributed by atoms with E-state index in [1.165, 1.54) is 135 Å². The highest BCUT2D eigenvalue weighted by molar-refractivity contribution is 5.77. The minimum Gasteiger partial charge on any atom is -0.462 e. The Kier molecular flexibility index (Phi) is 44.7. The summed E-state index contributed by atoms with van der Waals surface area (Å²) in [6.45, 7) is 6.30. The standard InChI is InChI=1S/C53H95NO5/c1-4-7-10-13-16-19-21-23-24-25-26-27-29-31-34-37-40-43-46-53(58)59-49(44-41-38-35-33-30-28-22-20-17-14-11-8-5-2)47-52(57)54-50(48-55)51(56)45-42-39-36-32-18-15-12-9-6-3/h8,11,14,17,20,22,28,30,33,35,49-51,55-56H,4-7,9-10,12-13,15-16,18-19,21,23-27,29,31-32,34,36-48H2,1-3H3,(H,54,57)/b11-8+,17-14+,22-20-,30-28-,35-33+. The second kappa shape index (κ2) is 46.6. The van der Waals surface area contributed by atoms with E-state index in [1.807, 2.05) is 48.6 Å². The summed E-state index contributed by atoms with van der Waals surface area (Å²) in [4.78, 5) is 26.1. The molecule has 6 heteroatoms. The molecule has 0 radical (unpaired) electrons. The number of unbranched alkanes of at least 4 members (excludes halogenated alkanes) is 26. The molecule has 3 N–H and O–H groups in total. The van der Waals surface area contributed by atoms with E-state index in [4.69, 9.17) is 4.74 Å². The average molecular weight is 826 g/mol. The molecule has 6 nitrogen and oxygen atoms in total. The Morgan fingerprint density at radius 3 is 1.36 bits per heavy atom. The molecular weight excluding hydrogens is 731 g/mol. The topological polar surface area (TPSA) is 95.9 Å². The maximum atomic E-state index is 13.1. The van der Waals surface area contributed by atoms with E-state index in [1.54, 1.807) is 0 Å². The molecule has 1 amide bonds. The first-order valence-corrected chi connectivity index (χ1v) is 25.1. The average Bonchev–Trinajstić information content (AvgIpc) is 3.23. The van der Waals surface area contributed by atoms with Gasteiger partial charge in [-0.1, -0.05) is 248 Å². The highest BCUT2D eigenvalue weighted by atomic mass is 16.5. The number of rotatable bonds is 44. The fraction of sp³-hybridized carbons (Fsp3) is 0.774. The first-order valence-electron chi connectivity index (χ1n) is 25.1. The van der Waals surface area contributed by atoms with Crippen molar-refractivity contribution in [3.8, 4) is 0 Å². The van der Waals surface area contributed by atoms with E-state index < -0.39 is 18.2 Å². The maximum Gasteiger partial charge on any atom is 0.306 e. The van der Waals surface area contributed by atoms with Crippen molar-refractivity contribution in [2.24, 2.45) is 0 Å². The molecule has 59 heavy (non-hydrogen) atoms. The number of amides is 1. The molecule has 0 bridgehead atoms. The molecule has 0 aliphatic heterocycles. The SMILES string of the molecule is CC/C=C/C=C/C=C\C=C/C=C/CCCC(CC(=O)NC(CO)C(O)CCCCCCCCCCC)OC(=O)CCCCCCCCCCCCCCCCCCCC. The molecule has 0 aliphatic carbocycles. The lowest BCUT2D eigenvalue weighted by Gasteiger charge is -2.24. The Hall–Kier alpha value is -2.44. The van der Waals surface area contributed by atoms with Gasteiger partial charge in [-0.25, -0.2) is 0 Å². The van der Waals surface area contributed by atoms with E-state index in [0.717, 1.165) is 57.8 Å². The van der Waals surface area contributed by atoms with Crippen molar-refractivity contribution in [3.63, 3.8) is 0 Å². The molecule has 3 atom stereocenters. The minimum atomic E-state index is -0.805. The number of hydrogen-bond donors (Lipinski definition) is 3. The number of aliphatic hydroxyl groups is 2. The lowest BCUT2D eigenvalue weighted by molar-refractivity contribution is -0.151. The maximum absolute atomic E-state index is 13.1. The third-order valence-corrected chi connectivity index (χ3v) is 11.2. The molecular formula is C53H95NO5. The number of hydrogen-bond acceptors (Lipinski definition) is 5. The molecule has 0 fully saturated rings. The molecule has 0 saturated heterocycles. The second-order valence-electron chi connectivity index (χ2n) is 17.0. The van der Waals surface area contributed by atoms with Crippen LogP contribution in [-0.2, 0) is 14.3 Å². The van der Waals surface area contributed by atoms with Crippen LogP contribution in [0.25, 0.3) is 0 Å². The Labute approximate surface area is 365 Å². The molecule has 0 aromatic carbocycles. The Morgan fingerprint density at radius 1 is 0.508 bits per heavy atom. The van der Waals surface area contributed by atoms with Crippen molar-refractivity contribution < 1.29 is 24.5 Å². The van der Waals surface area contributed by atoms with Gasteiger partial charge in [-0.3, -0.25) is 9.59 Å². The van der Waals surface area contributed by atoms with Crippen LogP contribution in [0, 0.1) is 0 Å². The molecule has 3 unspecified atom stereocenters. The third kappa shape index (κ3) is 42.1. The number of ether oxygens (including phenoxy) is 1. The molecule has 0 saturated carbocycles. The first kappa shape index (κ1) is 56.6. The summed E-state index contributed by atoms with van der Waals surface area (Å²) in [5.74, 6) is -0.543. The van der Waals surface area contributed by atoms with Crippen molar-refractivity contribution in [1.82, 2.24) is 5.32 Å². The fourth-order valence-electron chi connectivity index (χ4n) is 7.46. The highest BCUT2D eigenvalue weighted by Gasteiger charge is 2.24. The fourth-order valence-corrected chi connectivity index (χ4v) is 7.46. The predicted octanol–water partition coefficient (Wildman–Crippen LogP) is 14.8. The zero-order valence-electron chi connectivity index (χ0n) is 38.9. The number of esters is 1. The quantitative estimate of drug-likeness (QED) is 0.0323. The summed E-state index contributed by atoms with van der Waals surface area (Å²) in [5, 5.41) is 23.6. The van der Waals surface area contributed by atoms with Gasteiger partial charge in [0.2, 0.25) is 5.91 Å². The van der Waals surface area contributed by atoms with Gasteiger partial charge in [0.1, 0.15) is 6.10 Å². The minimum absolute atomic E-state index is 0.0293. The van der Waals surface area contributed by atoms with Crippen LogP contribution in [0.1, 0.15) is 239 Å². The van der Waals surface area contributed by atoms with Crippen LogP contribution in [0.15, 0.2) is 60.8 Å². The Bertz CT molecular complexity index is 1060. The predicted molar refractivity (Wildman–Crippen MR) is 255 cm³/mol. The Morgan fingerprint density at radius 2 is 0.915 bits per heavy atom. The number of aliphatic hydroxyl groups excluding tert-OH is 2. The van der Waals surface area contributed by atoms with Crippen molar-refractivity contribution in [1.29, 1.82) is 0 Å². The molecule has 0 aliphatic rings. The molecule has 0 spiro atoms. The zero-order valence-corrected chi connectivity index (χ0v) is 38.9. The summed E-state index contributed by atoms with van der Waals surface area (Å²) in [6.07, 6.45) is 57.3. The van der Waals surface area contributed by atoms with Gasteiger partial charge in [0, 0.05) is 6.42 Å². The van der Waals surface area contributed by atoms with E-state index in [2.05, 4.69) is 38.2 Å². The van der Waals surface area contributed by atoms with Crippen LogP contribution in [0.3, 0.4) is 0 Å². The van der Waals surface area contributed by atoms with Gasteiger partial charge in [-0.15, -0.1) is 0 Å². The summed E-state index contributed by atoms with van der Waals surface area (Å²) in [6, 6.07) is -0.723. The molecule has 342 valence electrons. The molecule has 0 heterocycles. The van der Waals surface area contributed by atoms with Crippen LogP contribution < -0.4 is 5.32 Å². The smallest absolute Gasteiger partial charge is 0.306 e. The van der Waals surface area contributed by atoms with Crippen LogP contribution >= 0.6 is 0 Å².